The van der Waals surface area contributed by atoms with Gasteiger partial charge in [-0.15, -0.1) is 0 Å². The van der Waals surface area contributed by atoms with Crippen molar-refractivity contribution in [2.45, 2.75) is 37.8 Å². The van der Waals surface area contributed by atoms with Gasteiger partial charge in [0.05, 0.1) is 4.90 Å². The number of amides is 1. The minimum absolute atomic E-state index is 0.0991. The van der Waals surface area contributed by atoms with E-state index in [1.165, 1.54) is 18.2 Å². The molecule has 0 fully saturated rings. The molecule has 1 heterocycles. The van der Waals surface area contributed by atoms with Crippen LogP contribution in [0, 0.1) is 11.7 Å². The van der Waals surface area contributed by atoms with Gasteiger partial charge in [-0.3, -0.25) is 14.5 Å². The molecule has 1 aliphatic heterocycles. The first kappa shape index (κ1) is 20.0. The molecular weight excluding hydrogens is 381 g/mol. The Morgan fingerprint density at radius 1 is 1.18 bits per heavy atom. The van der Waals surface area contributed by atoms with Crippen LogP contribution in [0.25, 0.3) is 0 Å². The number of amidine groups is 1. The Balaban J connectivity index is 1.84. The predicted octanol–water partition coefficient (Wildman–Crippen LogP) is 2.60. The summed E-state index contributed by atoms with van der Waals surface area (Å²) in [6.07, 6.45) is 0.694. The zero-order valence-electron chi connectivity index (χ0n) is 15.6. The van der Waals surface area contributed by atoms with Crippen molar-refractivity contribution in [1.29, 1.82) is 0 Å². The van der Waals surface area contributed by atoms with Gasteiger partial charge in [-0.05, 0) is 35.7 Å². The molecule has 0 spiro atoms. The van der Waals surface area contributed by atoms with Crippen LogP contribution in [0.15, 0.2) is 58.4 Å². The Morgan fingerprint density at radius 2 is 1.86 bits per heavy atom. The molecule has 0 aliphatic carbocycles. The van der Waals surface area contributed by atoms with Gasteiger partial charge >= 0.3 is 0 Å². The quantitative estimate of drug-likeness (QED) is 0.777. The second-order valence-corrected chi connectivity index (χ2v) is 8.40. The number of nitrogens with one attached hydrogen (secondary N) is 2. The number of aliphatic imine (C=N–C) groups is 1. The Kier molecular flexibility index (Phi) is 5.79. The molecule has 2 aromatic rings. The first-order valence-corrected chi connectivity index (χ1v) is 10.5. The molecule has 1 amide bonds. The molecule has 0 saturated carbocycles. The number of fused-ring (bicyclic) bond motifs is 1. The third kappa shape index (κ3) is 4.22. The molecule has 0 radical (unpaired) electrons. The maximum atomic E-state index is 13.0. The molecule has 2 N–H and O–H groups in total. The van der Waals surface area contributed by atoms with Gasteiger partial charge in [0, 0.05) is 12.1 Å². The molecule has 0 unspecified atom stereocenters. The molecule has 148 valence electrons. The molecular formula is C20H22FN3O3S. The zero-order valence-corrected chi connectivity index (χ0v) is 16.5. The van der Waals surface area contributed by atoms with Gasteiger partial charge in [-0.1, -0.05) is 44.5 Å². The summed E-state index contributed by atoms with van der Waals surface area (Å²) in [6, 6.07) is 11.6. The smallest absolute Gasteiger partial charge is 0.263 e. The highest BCUT2D eigenvalue weighted by Gasteiger charge is 2.33. The molecule has 8 heteroatoms. The van der Waals surface area contributed by atoms with Crippen molar-refractivity contribution in [2.24, 2.45) is 10.9 Å². The van der Waals surface area contributed by atoms with E-state index in [2.05, 4.69) is 15.0 Å². The number of halogens is 1. The molecule has 0 bridgehead atoms. The van der Waals surface area contributed by atoms with Gasteiger partial charge in [-0.25, -0.2) is 12.8 Å². The zero-order chi connectivity index (χ0) is 20.3. The Labute approximate surface area is 163 Å². The predicted molar refractivity (Wildman–Crippen MR) is 105 cm³/mol. The van der Waals surface area contributed by atoms with Crippen molar-refractivity contribution in [3.8, 4) is 0 Å². The summed E-state index contributed by atoms with van der Waals surface area (Å²) in [5.74, 6) is -0.572. The van der Waals surface area contributed by atoms with Crippen LogP contribution in [0.2, 0.25) is 0 Å². The molecule has 28 heavy (non-hydrogen) atoms. The first-order valence-electron chi connectivity index (χ1n) is 9.04. The third-order valence-electron chi connectivity index (χ3n) is 4.76. The number of sulfonamides is 1. The lowest BCUT2D eigenvalue weighted by molar-refractivity contribution is -0.123. The Morgan fingerprint density at radius 3 is 2.54 bits per heavy atom. The summed E-state index contributed by atoms with van der Waals surface area (Å²) in [5, 5.41) is 2.81. The highest BCUT2D eigenvalue weighted by atomic mass is 32.2. The topological polar surface area (TPSA) is 87.6 Å². The minimum Gasteiger partial charge on any atom is -0.350 e. The van der Waals surface area contributed by atoms with Crippen molar-refractivity contribution in [1.82, 2.24) is 10.0 Å². The Bertz CT molecular complexity index is 1000. The van der Waals surface area contributed by atoms with E-state index in [0.29, 0.717) is 12.0 Å². The second kappa shape index (κ2) is 8.10. The highest BCUT2D eigenvalue weighted by Crippen LogP contribution is 2.24. The van der Waals surface area contributed by atoms with Gasteiger partial charge in [-0.2, -0.15) is 0 Å². The Hall–Kier alpha value is -2.74. The number of nitrogens with zero attached hydrogens (tertiary/aromatic N) is 1. The van der Waals surface area contributed by atoms with E-state index in [4.69, 9.17) is 0 Å². The van der Waals surface area contributed by atoms with Crippen LogP contribution in [0.4, 0.5) is 4.39 Å². The fraction of sp³-hybridized carbons (Fsp3) is 0.300. The van der Waals surface area contributed by atoms with Crippen LogP contribution in [0.3, 0.4) is 0 Å². The number of hydrogen-bond acceptors (Lipinski definition) is 4. The van der Waals surface area contributed by atoms with Crippen LogP contribution in [-0.4, -0.2) is 26.2 Å². The summed E-state index contributed by atoms with van der Waals surface area (Å²) in [5.41, 5.74) is 1.22. The standard InChI is InChI=1S/C20H22FN3O3S/c1-3-13(2)18(20(25)22-12-14-8-10-15(21)11-9-14)23-19-16-6-4-5-7-17(16)28(26,27)24-19/h4-11,13,18H,3,12H2,1-2H3,(H,22,25)(H,23,24)/t13-,18-/m0/s1. The van der Waals surface area contributed by atoms with E-state index in [9.17, 15) is 17.6 Å². The lowest BCUT2D eigenvalue weighted by Crippen LogP contribution is -2.38. The molecule has 2 atom stereocenters. The lowest BCUT2D eigenvalue weighted by Gasteiger charge is -2.19. The summed E-state index contributed by atoms with van der Waals surface area (Å²) >= 11 is 0. The fourth-order valence-corrected chi connectivity index (χ4v) is 4.17. The summed E-state index contributed by atoms with van der Waals surface area (Å²) < 4.78 is 40.0. The highest BCUT2D eigenvalue weighted by molar-refractivity contribution is 7.90. The van der Waals surface area contributed by atoms with E-state index in [1.807, 2.05) is 13.8 Å². The molecule has 1 aliphatic rings. The monoisotopic (exact) mass is 403 g/mol. The number of carbonyl (C=O) groups excluding carboxylic acids is 1. The van der Waals surface area contributed by atoms with Crippen LogP contribution < -0.4 is 10.0 Å². The average molecular weight is 403 g/mol. The average Bonchev–Trinajstić information content (AvgIpc) is 2.95. The SMILES string of the molecule is CC[C@H](C)[C@H](N=C1NS(=O)(=O)c2ccccc21)C(=O)NCc1ccc(F)cc1. The number of hydrogen-bond donors (Lipinski definition) is 2. The van der Waals surface area contributed by atoms with Crippen molar-refractivity contribution in [2.75, 3.05) is 0 Å². The van der Waals surface area contributed by atoms with E-state index in [1.54, 1.807) is 30.3 Å². The molecule has 3 rings (SSSR count). The van der Waals surface area contributed by atoms with Crippen molar-refractivity contribution in [3.05, 3.63) is 65.5 Å². The summed E-state index contributed by atoms with van der Waals surface area (Å²) in [6.45, 7) is 4.07. The van der Waals surface area contributed by atoms with Gasteiger partial charge < -0.3 is 5.32 Å². The molecule has 0 saturated heterocycles. The summed E-state index contributed by atoms with van der Waals surface area (Å²) in [4.78, 5) is 17.4. The third-order valence-corrected chi connectivity index (χ3v) is 6.16. The summed E-state index contributed by atoms with van der Waals surface area (Å²) in [7, 11) is -3.67. The number of rotatable bonds is 6. The van der Waals surface area contributed by atoms with E-state index in [0.717, 1.165) is 5.56 Å². The molecule has 0 aromatic heterocycles. The van der Waals surface area contributed by atoms with Crippen LogP contribution >= 0.6 is 0 Å². The number of carbonyl (C=O) groups is 1. The molecule has 2 aromatic carbocycles. The number of benzene rings is 2. The largest absolute Gasteiger partial charge is 0.350 e. The maximum Gasteiger partial charge on any atom is 0.263 e. The van der Waals surface area contributed by atoms with Crippen molar-refractivity contribution >= 4 is 21.8 Å². The van der Waals surface area contributed by atoms with Crippen molar-refractivity contribution in [3.63, 3.8) is 0 Å². The second-order valence-electron chi connectivity index (χ2n) is 6.75. The van der Waals surface area contributed by atoms with Crippen LogP contribution in [0.5, 0.6) is 0 Å². The van der Waals surface area contributed by atoms with Gasteiger partial charge in [0.2, 0.25) is 5.91 Å². The van der Waals surface area contributed by atoms with Gasteiger partial charge in [0.15, 0.2) is 0 Å². The fourth-order valence-electron chi connectivity index (χ4n) is 2.93. The maximum absolute atomic E-state index is 13.0. The van der Waals surface area contributed by atoms with Gasteiger partial charge in [0.25, 0.3) is 10.0 Å². The van der Waals surface area contributed by atoms with Crippen LogP contribution in [-0.2, 0) is 21.4 Å². The van der Waals surface area contributed by atoms with Gasteiger partial charge in [0.1, 0.15) is 17.7 Å². The first-order chi connectivity index (χ1) is 13.3. The van der Waals surface area contributed by atoms with Crippen molar-refractivity contribution < 1.29 is 17.6 Å². The van der Waals surface area contributed by atoms with Crippen LogP contribution in [0.1, 0.15) is 31.4 Å². The lowest BCUT2D eigenvalue weighted by atomic mass is 9.98. The molecule has 6 nitrogen and oxygen atoms in total. The normalized spacial score (nSPS) is 18.2. The van der Waals surface area contributed by atoms with E-state index in [-0.39, 0.29) is 34.9 Å². The van der Waals surface area contributed by atoms with E-state index >= 15 is 0 Å². The van der Waals surface area contributed by atoms with E-state index < -0.39 is 16.1 Å². The minimum atomic E-state index is -3.67.